The average molecular weight is 318 g/mol. The molecule has 0 bridgehead atoms. The Bertz CT molecular complexity index is 646. The first-order valence-electron chi connectivity index (χ1n) is 6.93. The molecule has 0 aliphatic rings. The molecule has 2 aromatic rings. The van der Waals surface area contributed by atoms with Crippen molar-refractivity contribution < 1.29 is 9.13 Å². The molecule has 0 aliphatic carbocycles. The molecule has 0 spiro atoms. The topological polar surface area (TPSA) is 47.6 Å². The predicted molar refractivity (Wildman–Crippen MR) is 90.7 cm³/mol. The molecule has 1 atom stereocenters. The lowest BCUT2D eigenvalue weighted by Gasteiger charge is -2.09. The quantitative estimate of drug-likeness (QED) is 0.665. The molecule has 3 nitrogen and oxygen atoms in total. The van der Waals surface area contributed by atoms with E-state index in [0.29, 0.717) is 10.9 Å². The number of thioether (sulfide) groups is 1. The lowest BCUT2D eigenvalue weighted by molar-refractivity contribution is 0.386. The summed E-state index contributed by atoms with van der Waals surface area (Å²) in [5.74, 6) is 0.444. The number of nitrogens with two attached hydrogens (primary N) is 1. The molecule has 0 saturated heterocycles. The lowest BCUT2D eigenvalue weighted by Crippen LogP contribution is -2.09. The standard InChI is InChI=1S/C17H19FN2OS/c1-12(14-6-4-3-5-7-14)20-17(19)22-11-13-8-9-16(21-2)15(18)10-13/h3-10,12H,11H2,1-2H3,(H2,19,20)/t12-/m0/s1. The van der Waals surface area contributed by atoms with Crippen LogP contribution in [0.2, 0.25) is 0 Å². The first-order chi connectivity index (χ1) is 10.6. The lowest BCUT2D eigenvalue weighted by atomic mass is 10.1. The molecule has 0 aliphatic heterocycles. The first kappa shape index (κ1) is 16.4. The van der Waals surface area contributed by atoms with Crippen LogP contribution in [0.1, 0.15) is 24.1 Å². The van der Waals surface area contributed by atoms with E-state index in [9.17, 15) is 4.39 Å². The predicted octanol–water partition coefficient (Wildman–Crippen LogP) is 4.14. The number of benzene rings is 2. The van der Waals surface area contributed by atoms with Gasteiger partial charge >= 0.3 is 0 Å². The Balaban J connectivity index is 1.96. The van der Waals surface area contributed by atoms with Gasteiger partial charge in [0.2, 0.25) is 0 Å². The van der Waals surface area contributed by atoms with Crippen molar-refractivity contribution in [2.24, 2.45) is 10.7 Å². The number of rotatable bonds is 5. The third-order valence-corrected chi connectivity index (χ3v) is 4.08. The highest BCUT2D eigenvalue weighted by Crippen LogP contribution is 2.22. The average Bonchev–Trinajstić information content (AvgIpc) is 2.54. The van der Waals surface area contributed by atoms with Crippen molar-refractivity contribution in [3.8, 4) is 5.75 Å². The molecule has 0 radical (unpaired) electrons. The van der Waals surface area contributed by atoms with Crippen molar-refractivity contribution in [3.05, 3.63) is 65.5 Å². The van der Waals surface area contributed by atoms with Gasteiger partial charge in [-0.15, -0.1) is 0 Å². The van der Waals surface area contributed by atoms with Crippen molar-refractivity contribution >= 4 is 16.9 Å². The molecule has 22 heavy (non-hydrogen) atoms. The zero-order valence-corrected chi connectivity index (χ0v) is 13.4. The van der Waals surface area contributed by atoms with Gasteiger partial charge in [0, 0.05) is 5.75 Å². The Morgan fingerprint density at radius 3 is 2.64 bits per heavy atom. The molecule has 5 heteroatoms. The van der Waals surface area contributed by atoms with Gasteiger partial charge in [0.1, 0.15) is 0 Å². The summed E-state index contributed by atoms with van der Waals surface area (Å²) in [4.78, 5) is 4.46. The normalized spacial score (nSPS) is 13.0. The number of hydrogen-bond acceptors (Lipinski definition) is 3. The second-order valence-corrected chi connectivity index (χ2v) is 5.81. The molecule has 0 saturated carbocycles. The molecule has 0 unspecified atom stereocenters. The Labute approximate surface area is 134 Å². The second-order valence-electron chi connectivity index (χ2n) is 4.81. The SMILES string of the molecule is COc1ccc(CSC(N)=N[C@@H](C)c2ccccc2)cc1F. The highest BCUT2D eigenvalue weighted by atomic mass is 32.2. The van der Waals surface area contributed by atoms with E-state index in [1.807, 2.05) is 43.3 Å². The van der Waals surface area contributed by atoms with Gasteiger partial charge in [0.15, 0.2) is 16.7 Å². The van der Waals surface area contributed by atoms with Crippen LogP contribution in [0.15, 0.2) is 53.5 Å². The molecule has 0 heterocycles. The first-order valence-corrected chi connectivity index (χ1v) is 7.92. The molecular weight excluding hydrogens is 299 g/mol. The third kappa shape index (κ3) is 4.49. The van der Waals surface area contributed by atoms with Gasteiger partial charge in [0.05, 0.1) is 13.2 Å². The monoisotopic (exact) mass is 318 g/mol. The van der Waals surface area contributed by atoms with Gasteiger partial charge in [-0.25, -0.2) is 4.39 Å². The fourth-order valence-electron chi connectivity index (χ4n) is 1.99. The largest absolute Gasteiger partial charge is 0.494 e. The van der Waals surface area contributed by atoms with Crippen LogP contribution in [0.4, 0.5) is 4.39 Å². The van der Waals surface area contributed by atoms with Crippen LogP contribution in [-0.4, -0.2) is 12.3 Å². The summed E-state index contributed by atoms with van der Waals surface area (Å²) in [6, 6.07) is 14.9. The number of amidine groups is 1. The molecule has 2 aromatic carbocycles. The molecule has 0 fully saturated rings. The van der Waals surface area contributed by atoms with Crippen LogP contribution in [0, 0.1) is 5.82 Å². The van der Waals surface area contributed by atoms with E-state index in [1.54, 1.807) is 6.07 Å². The summed E-state index contributed by atoms with van der Waals surface area (Å²) in [5, 5.41) is 0.493. The van der Waals surface area contributed by atoms with Crippen LogP contribution in [0.25, 0.3) is 0 Å². The van der Waals surface area contributed by atoms with E-state index in [2.05, 4.69) is 4.99 Å². The number of ether oxygens (including phenoxy) is 1. The van der Waals surface area contributed by atoms with Crippen molar-refractivity contribution in [1.82, 2.24) is 0 Å². The van der Waals surface area contributed by atoms with Gasteiger partial charge in [-0.2, -0.15) is 0 Å². The van der Waals surface area contributed by atoms with Crippen LogP contribution in [0.5, 0.6) is 5.75 Å². The zero-order chi connectivity index (χ0) is 15.9. The van der Waals surface area contributed by atoms with E-state index in [1.165, 1.54) is 24.9 Å². The summed E-state index contributed by atoms with van der Waals surface area (Å²) in [6.07, 6.45) is 0. The van der Waals surface area contributed by atoms with E-state index in [0.717, 1.165) is 11.1 Å². The Morgan fingerprint density at radius 2 is 2.00 bits per heavy atom. The van der Waals surface area contributed by atoms with Crippen molar-refractivity contribution in [3.63, 3.8) is 0 Å². The molecule has 116 valence electrons. The van der Waals surface area contributed by atoms with Gasteiger partial charge in [-0.3, -0.25) is 4.99 Å². The van der Waals surface area contributed by atoms with Crippen LogP contribution in [0.3, 0.4) is 0 Å². The Morgan fingerprint density at radius 1 is 1.27 bits per heavy atom. The molecule has 0 amide bonds. The number of aliphatic imine (C=N–C) groups is 1. The van der Waals surface area contributed by atoms with Crippen LogP contribution < -0.4 is 10.5 Å². The van der Waals surface area contributed by atoms with Gasteiger partial charge in [-0.1, -0.05) is 48.2 Å². The van der Waals surface area contributed by atoms with Gasteiger partial charge in [-0.05, 0) is 30.2 Å². The highest BCUT2D eigenvalue weighted by Gasteiger charge is 2.06. The molecule has 0 aromatic heterocycles. The fourth-order valence-corrected chi connectivity index (χ4v) is 2.72. The minimum Gasteiger partial charge on any atom is -0.494 e. The summed E-state index contributed by atoms with van der Waals surface area (Å²) in [6.45, 7) is 2.00. The zero-order valence-electron chi connectivity index (χ0n) is 12.6. The second kappa shape index (κ2) is 7.84. The number of halogens is 1. The molecule has 2 N–H and O–H groups in total. The van der Waals surface area contributed by atoms with Crippen LogP contribution in [-0.2, 0) is 5.75 Å². The van der Waals surface area contributed by atoms with E-state index in [4.69, 9.17) is 10.5 Å². The summed E-state index contributed by atoms with van der Waals surface area (Å²) >= 11 is 1.39. The molecular formula is C17H19FN2OS. The van der Waals surface area contributed by atoms with Crippen molar-refractivity contribution in [1.29, 1.82) is 0 Å². The highest BCUT2D eigenvalue weighted by molar-refractivity contribution is 8.13. The van der Waals surface area contributed by atoms with Gasteiger partial charge in [0.25, 0.3) is 0 Å². The number of hydrogen-bond donors (Lipinski definition) is 1. The maximum atomic E-state index is 13.6. The van der Waals surface area contributed by atoms with Crippen molar-refractivity contribution in [2.45, 2.75) is 18.7 Å². The fraction of sp³-hybridized carbons (Fsp3) is 0.235. The maximum absolute atomic E-state index is 13.6. The minimum absolute atomic E-state index is 0.00121. The number of methoxy groups -OCH3 is 1. The van der Waals surface area contributed by atoms with E-state index in [-0.39, 0.29) is 17.6 Å². The van der Waals surface area contributed by atoms with Crippen LogP contribution >= 0.6 is 11.8 Å². The summed E-state index contributed by atoms with van der Waals surface area (Å²) in [5.41, 5.74) is 7.90. The molecule has 2 rings (SSSR count). The summed E-state index contributed by atoms with van der Waals surface area (Å²) in [7, 11) is 1.45. The smallest absolute Gasteiger partial charge is 0.165 e. The third-order valence-electron chi connectivity index (χ3n) is 3.21. The minimum atomic E-state index is -0.367. The van der Waals surface area contributed by atoms with E-state index < -0.39 is 0 Å². The van der Waals surface area contributed by atoms with E-state index >= 15 is 0 Å². The summed E-state index contributed by atoms with van der Waals surface area (Å²) < 4.78 is 18.5. The number of nitrogens with zero attached hydrogens (tertiary/aromatic N) is 1. The van der Waals surface area contributed by atoms with Crippen molar-refractivity contribution in [2.75, 3.05) is 7.11 Å². The Kier molecular flexibility index (Phi) is 5.83. The maximum Gasteiger partial charge on any atom is 0.165 e. The van der Waals surface area contributed by atoms with Gasteiger partial charge < -0.3 is 10.5 Å². The Hall–Kier alpha value is -2.01.